The van der Waals surface area contributed by atoms with Crippen LogP contribution in [0.5, 0.6) is 11.5 Å². The molecule has 0 aromatic heterocycles. The molecule has 1 saturated heterocycles. The number of aromatic hydroxyl groups is 1. The Bertz CT molecular complexity index is 589. The number of phenols is 1. The van der Waals surface area contributed by atoms with Crippen LogP contribution in [0.1, 0.15) is 29.6 Å². The van der Waals surface area contributed by atoms with Crippen molar-refractivity contribution in [3.05, 3.63) is 27.8 Å². The van der Waals surface area contributed by atoms with Gasteiger partial charge in [0.05, 0.1) is 30.7 Å². The molecule has 1 heterocycles. The van der Waals surface area contributed by atoms with Crippen LogP contribution in [0.3, 0.4) is 0 Å². The van der Waals surface area contributed by atoms with Gasteiger partial charge in [-0.05, 0) is 19.3 Å². The summed E-state index contributed by atoms with van der Waals surface area (Å²) >= 11 is 0. The molecule has 8 nitrogen and oxygen atoms in total. The number of aliphatic hydroxyl groups is 1. The zero-order valence-corrected chi connectivity index (χ0v) is 12.2. The van der Waals surface area contributed by atoms with Gasteiger partial charge < -0.3 is 19.8 Å². The minimum atomic E-state index is -0.718. The van der Waals surface area contributed by atoms with E-state index in [9.17, 15) is 25.1 Å². The second-order valence-corrected chi connectivity index (χ2v) is 5.13. The number of likely N-dealkylation sites (tertiary alicyclic amines) is 1. The van der Waals surface area contributed by atoms with Gasteiger partial charge in [-0.15, -0.1) is 0 Å². The van der Waals surface area contributed by atoms with E-state index in [-0.39, 0.29) is 24.0 Å². The number of rotatable bonds is 4. The number of piperidine rings is 1. The zero-order valence-electron chi connectivity index (χ0n) is 12.2. The molecule has 1 amide bonds. The maximum atomic E-state index is 12.6. The highest BCUT2D eigenvalue weighted by Gasteiger charge is 2.32. The van der Waals surface area contributed by atoms with E-state index >= 15 is 0 Å². The predicted octanol–water partition coefficient (Wildman–Crippen LogP) is 1.30. The molecule has 2 rings (SSSR count). The number of benzene rings is 1. The predicted molar refractivity (Wildman–Crippen MR) is 77.1 cm³/mol. The highest BCUT2D eigenvalue weighted by molar-refractivity contribution is 5.99. The Morgan fingerprint density at radius 2 is 2.23 bits per heavy atom. The van der Waals surface area contributed by atoms with E-state index in [1.807, 2.05) is 0 Å². The number of methoxy groups -OCH3 is 1. The molecule has 0 spiro atoms. The summed E-state index contributed by atoms with van der Waals surface area (Å²) in [6.07, 6.45) is 2.34. The van der Waals surface area contributed by atoms with Gasteiger partial charge in [0.2, 0.25) is 0 Å². The zero-order chi connectivity index (χ0) is 16.3. The van der Waals surface area contributed by atoms with Crippen LogP contribution in [0.4, 0.5) is 5.69 Å². The van der Waals surface area contributed by atoms with E-state index in [1.54, 1.807) is 0 Å². The summed E-state index contributed by atoms with van der Waals surface area (Å²) in [5, 5.41) is 30.2. The minimum Gasteiger partial charge on any atom is -0.504 e. The number of amides is 1. The third-order valence-electron chi connectivity index (χ3n) is 3.82. The van der Waals surface area contributed by atoms with Crippen molar-refractivity contribution in [3.8, 4) is 11.5 Å². The van der Waals surface area contributed by atoms with Crippen molar-refractivity contribution in [1.29, 1.82) is 0 Å². The topological polar surface area (TPSA) is 113 Å². The number of carbonyl (C=O) groups excluding carboxylic acids is 1. The molecule has 8 heteroatoms. The normalized spacial score (nSPS) is 18.1. The van der Waals surface area contributed by atoms with Crippen LogP contribution >= 0.6 is 0 Å². The van der Waals surface area contributed by atoms with Crippen LogP contribution in [-0.2, 0) is 0 Å². The number of hydrogen-bond donors (Lipinski definition) is 2. The summed E-state index contributed by atoms with van der Waals surface area (Å²) in [6, 6.07) is 1.73. The molecule has 22 heavy (non-hydrogen) atoms. The number of nitro groups is 1. The summed E-state index contributed by atoms with van der Waals surface area (Å²) in [6.45, 7) is 0.249. The molecule has 2 N–H and O–H groups in total. The molecule has 0 bridgehead atoms. The maximum Gasteiger partial charge on any atom is 0.286 e. The van der Waals surface area contributed by atoms with Crippen LogP contribution in [0, 0.1) is 10.1 Å². The van der Waals surface area contributed by atoms with E-state index in [2.05, 4.69) is 0 Å². The monoisotopic (exact) mass is 310 g/mol. The average molecular weight is 310 g/mol. The van der Waals surface area contributed by atoms with Gasteiger partial charge in [0.25, 0.3) is 11.6 Å². The van der Waals surface area contributed by atoms with Gasteiger partial charge in [-0.3, -0.25) is 14.9 Å². The van der Waals surface area contributed by atoms with Gasteiger partial charge in [-0.1, -0.05) is 0 Å². The molecular weight excluding hydrogens is 292 g/mol. The van der Waals surface area contributed by atoms with E-state index < -0.39 is 22.3 Å². The van der Waals surface area contributed by atoms with Crippen molar-refractivity contribution in [2.75, 3.05) is 20.3 Å². The first-order valence-corrected chi connectivity index (χ1v) is 6.96. The fourth-order valence-electron chi connectivity index (χ4n) is 2.66. The Morgan fingerprint density at radius 1 is 1.50 bits per heavy atom. The van der Waals surface area contributed by atoms with Crippen molar-refractivity contribution in [2.45, 2.75) is 25.3 Å². The van der Waals surface area contributed by atoms with Crippen molar-refractivity contribution in [3.63, 3.8) is 0 Å². The molecule has 1 fully saturated rings. The standard InChI is InChI=1S/C14H18N2O6/c1-22-13-6-10(11(16(20)21)7-12(13)18)14(19)15-5-3-2-4-9(15)8-17/h6-7,9,17-18H,2-5,8H2,1H3. The number of phenolic OH excluding ortho intramolecular Hbond substituents is 1. The van der Waals surface area contributed by atoms with Gasteiger partial charge >= 0.3 is 0 Å². The Kier molecular flexibility index (Phi) is 4.81. The number of hydrogen-bond acceptors (Lipinski definition) is 6. The van der Waals surface area contributed by atoms with E-state index in [0.717, 1.165) is 18.9 Å². The average Bonchev–Trinajstić information content (AvgIpc) is 2.53. The minimum absolute atomic E-state index is 0.00786. The first-order chi connectivity index (χ1) is 10.5. The smallest absolute Gasteiger partial charge is 0.286 e. The van der Waals surface area contributed by atoms with Crippen molar-refractivity contribution in [1.82, 2.24) is 4.90 Å². The van der Waals surface area contributed by atoms with Crippen molar-refractivity contribution < 1.29 is 24.7 Å². The highest BCUT2D eigenvalue weighted by atomic mass is 16.6. The Labute approximate surface area is 127 Å². The quantitative estimate of drug-likeness (QED) is 0.640. The fourth-order valence-corrected chi connectivity index (χ4v) is 2.66. The molecule has 1 aromatic rings. The van der Waals surface area contributed by atoms with Gasteiger partial charge in [0.15, 0.2) is 11.5 Å². The molecule has 0 aliphatic carbocycles. The van der Waals surface area contributed by atoms with Gasteiger partial charge in [0.1, 0.15) is 5.56 Å². The second-order valence-electron chi connectivity index (χ2n) is 5.13. The molecule has 1 atom stereocenters. The maximum absolute atomic E-state index is 12.6. The summed E-state index contributed by atoms with van der Waals surface area (Å²) in [7, 11) is 1.30. The number of nitro benzene ring substituents is 1. The lowest BCUT2D eigenvalue weighted by Crippen LogP contribution is -2.45. The highest BCUT2D eigenvalue weighted by Crippen LogP contribution is 2.35. The molecule has 1 aliphatic heterocycles. The third-order valence-corrected chi connectivity index (χ3v) is 3.82. The lowest BCUT2D eigenvalue weighted by molar-refractivity contribution is -0.385. The number of nitrogens with zero attached hydrogens (tertiary/aromatic N) is 2. The van der Waals surface area contributed by atoms with Crippen LogP contribution in [-0.4, -0.2) is 52.2 Å². The van der Waals surface area contributed by atoms with Crippen molar-refractivity contribution >= 4 is 11.6 Å². The largest absolute Gasteiger partial charge is 0.504 e. The molecule has 1 aliphatic rings. The Morgan fingerprint density at radius 3 is 2.82 bits per heavy atom. The van der Waals surface area contributed by atoms with E-state index in [4.69, 9.17) is 4.74 Å². The Balaban J connectivity index is 2.45. The SMILES string of the molecule is COc1cc(C(=O)N2CCCCC2CO)c([N+](=O)[O-])cc1O. The molecule has 1 aromatic carbocycles. The number of aliphatic hydroxyl groups excluding tert-OH is 1. The molecule has 1 unspecified atom stereocenters. The summed E-state index contributed by atoms with van der Waals surface area (Å²) in [5.41, 5.74) is -0.634. The number of carbonyl (C=O) groups is 1. The van der Waals surface area contributed by atoms with Crippen LogP contribution in [0.25, 0.3) is 0 Å². The molecule has 0 saturated carbocycles. The Hall–Kier alpha value is -2.35. The molecular formula is C14H18N2O6. The van der Waals surface area contributed by atoms with Crippen LogP contribution in [0.2, 0.25) is 0 Å². The number of ether oxygens (including phenoxy) is 1. The summed E-state index contributed by atoms with van der Waals surface area (Å²) in [4.78, 5) is 24.5. The lowest BCUT2D eigenvalue weighted by Gasteiger charge is -2.34. The second kappa shape index (κ2) is 6.61. The molecule has 0 radical (unpaired) electrons. The first-order valence-electron chi connectivity index (χ1n) is 6.96. The summed E-state index contributed by atoms with van der Waals surface area (Å²) < 4.78 is 4.92. The van der Waals surface area contributed by atoms with Crippen LogP contribution in [0.15, 0.2) is 12.1 Å². The van der Waals surface area contributed by atoms with E-state index in [0.29, 0.717) is 13.0 Å². The van der Waals surface area contributed by atoms with Crippen LogP contribution < -0.4 is 4.74 Å². The summed E-state index contributed by atoms with van der Waals surface area (Å²) in [5.74, 6) is -0.946. The van der Waals surface area contributed by atoms with Crippen molar-refractivity contribution in [2.24, 2.45) is 0 Å². The lowest BCUT2D eigenvalue weighted by atomic mass is 10.0. The first kappa shape index (κ1) is 16.0. The van der Waals surface area contributed by atoms with Gasteiger partial charge in [-0.2, -0.15) is 0 Å². The molecule has 120 valence electrons. The van der Waals surface area contributed by atoms with E-state index in [1.165, 1.54) is 18.1 Å². The fraction of sp³-hybridized carbons (Fsp3) is 0.500. The van der Waals surface area contributed by atoms with Gasteiger partial charge in [-0.25, -0.2) is 0 Å². The third kappa shape index (κ3) is 2.96. The van der Waals surface area contributed by atoms with Gasteiger partial charge in [0, 0.05) is 12.6 Å².